The molecule has 9 heteroatoms. The van der Waals surface area contributed by atoms with Gasteiger partial charge in [0.1, 0.15) is 5.69 Å². The summed E-state index contributed by atoms with van der Waals surface area (Å²) in [5.41, 5.74) is 0.354. The average molecular weight is 429 g/mol. The fourth-order valence-electron chi connectivity index (χ4n) is 2.18. The molecule has 0 saturated heterocycles. The van der Waals surface area contributed by atoms with E-state index in [0.717, 1.165) is 4.90 Å². The summed E-state index contributed by atoms with van der Waals surface area (Å²) in [6, 6.07) is 6.69. The summed E-state index contributed by atoms with van der Waals surface area (Å²) in [6.45, 7) is 0. The lowest BCUT2D eigenvalue weighted by atomic mass is 10.2. The topological polar surface area (TPSA) is 91.1 Å². The average Bonchev–Trinajstić information content (AvgIpc) is 2.52. The monoisotopic (exact) mass is 427 g/mol. The largest absolute Gasteiger partial charge is 0.326 e. The second-order valence-corrected chi connectivity index (χ2v) is 7.65. The van der Waals surface area contributed by atoms with Crippen LogP contribution in [0, 0.1) is 0 Å². The molecular formula is C15H11BrClN3O3S. The Labute approximate surface area is 154 Å². The third kappa shape index (κ3) is 3.82. The number of hydrogen-bond donors (Lipinski definition) is 3. The quantitative estimate of drug-likeness (QED) is 0.700. The summed E-state index contributed by atoms with van der Waals surface area (Å²) in [5, 5.41) is 5.21. The van der Waals surface area contributed by atoms with Crippen molar-refractivity contribution < 1.29 is 9.59 Å². The first-order chi connectivity index (χ1) is 11.4. The van der Waals surface area contributed by atoms with Gasteiger partial charge in [0.2, 0.25) is 11.8 Å². The van der Waals surface area contributed by atoms with E-state index in [1.165, 1.54) is 24.0 Å². The summed E-state index contributed by atoms with van der Waals surface area (Å²) >= 11 is 10.4. The van der Waals surface area contributed by atoms with Gasteiger partial charge >= 0.3 is 0 Å². The molecule has 1 aromatic heterocycles. The predicted octanol–water partition coefficient (Wildman–Crippen LogP) is 3.23. The Morgan fingerprint density at radius 1 is 1.33 bits per heavy atom. The number of carbonyl (C=O) groups is 2. The number of hydrogen-bond acceptors (Lipinski definition) is 4. The van der Waals surface area contributed by atoms with Crippen LogP contribution in [0.4, 0.5) is 11.4 Å². The minimum atomic E-state index is -0.579. The summed E-state index contributed by atoms with van der Waals surface area (Å²) in [6.07, 6.45) is 1.43. The fraction of sp³-hybridized carbons (Fsp3) is 0.133. The molecule has 2 aromatic rings. The van der Waals surface area contributed by atoms with Crippen molar-refractivity contribution in [2.45, 2.75) is 16.6 Å². The summed E-state index contributed by atoms with van der Waals surface area (Å²) < 4.78 is 0.632. The van der Waals surface area contributed by atoms with Crippen LogP contribution in [0.1, 0.15) is 6.42 Å². The van der Waals surface area contributed by atoms with Crippen LogP contribution < -0.4 is 16.2 Å². The van der Waals surface area contributed by atoms with Gasteiger partial charge in [-0.05, 0) is 40.2 Å². The normalized spacial score (nSPS) is 16.2. The molecule has 0 aliphatic carbocycles. The minimum Gasteiger partial charge on any atom is -0.326 e. The molecule has 0 radical (unpaired) electrons. The maximum Gasteiger partial charge on any atom is 0.271 e. The van der Waals surface area contributed by atoms with Crippen molar-refractivity contribution in [1.29, 1.82) is 0 Å². The van der Waals surface area contributed by atoms with Gasteiger partial charge in [-0.15, -0.1) is 11.8 Å². The van der Waals surface area contributed by atoms with E-state index in [9.17, 15) is 14.4 Å². The minimum absolute atomic E-state index is 0.0511. The van der Waals surface area contributed by atoms with Gasteiger partial charge in [-0.25, -0.2) is 0 Å². The van der Waals surface area contributed by atoms with Crippen molar-refractivity contribution in [3.63, 3.8) is 0 Å². The highest BCUT2D eigenvalue weighted by atomic mass is 79.9. The second-order valence-electron chi connectivity index (χ2n) is 5.05. The molecule has 24 heavy (non-hydrogen) atoms. The molecule has 0 saturated carbocycles. The number of H-pyrrole nitrogens is 1. The van der Waals surface area contributed by atoms with Gasteiger partial charge in [0, 0.05) is 27.0 Å². The molecule has 124 valence electrons. The number of rotatable bonds is 3. The maximum atomic E-state index is 12.2. The zero-order valence-corrected chi connectivity index (χ0v) is 15.2. The lowest BCUT2D eigenvalue weighted by Gasteiger charge is -2.23. The molecule has 2 amide bonds. The molecule has 1 aromatic carbocycles. The number of aromatic nitrogens is 1. The van der Waals surface area contributed by atoms with Crippen LogP contribution in [0.5, 0.6) is 0 Å². The van der Waals surface area contributed by atoms with E-state index in [4.69, 9.17) is 11.6 Å². The van der Waals surface area contributed by atoms with Gasteiger partial charge in [-0.3, -0.25) is 14.4 Å². The first kappa shape index (κ1) is 17.1. The molecule has 1 unspecified atom stereocenters. The first-order valence-electron chi connectivity index (χ1n) is 6.87. The zero-order valence-electron chi connectivity index (χ0n) is 12.1. The standard InChI is InChI=1S/C15H11BrClN3O3S/c16-7-3-10(14(22)18-6-7)19-13(21)5-12-15(23)20-9-4-8(17)1-2-11(9)24-12/h1-4,6,12H,5H2,(H,18,22)(H,19,21)(H,20,23). The van der Waals surface area contributed by atoms with Crippen LogP contribution in [0.2, 0.25) is 5.02 Å². The number of nitrogens with one attached hydrogen (secondary N) is 3. The lowest BCUT2D eigenvalue weighted by molar-refractivity contribution is -0.120. The van der Waals surface area contributed by atoms with Crippen LogP contribution in [0.3, 0.4) is 0 Å². The molecule has 0 bridgehead atoms. The number of anilines is 2. The number of thioether (sulfide) groups is 1. The Kier molecular flexibility index (Phi) is 4.98. The zero-order chi connectivity index (χ0) is 17.3. The molecule has 0 fully saturated rings. The number of amides is 2. The summed E-state index contributed by atoms with van der Waals surface area (Å²) in [4.78, 5) is 39.3. The van der Waals surface area contributed by atoms with Crippen molar-refractivity contribution in [2.75, 3.05) is 10.6 Å². The van der Waals surface area contributed by atoms with Crippen molar-refractivity contribution in [1.82, 2.24) is 4.98 Å². The molecule has 6 nitrogen and oxygen atoms in total. The summed E-state index contributed by atoms with van der Waals surface area (Å²) in [5.74, 6) is -0.684. The fourth-order valence-corrected chi connectivity index (χ4v) is 3.78. The van der Waals surface area contributed by atoms with Gasteiger partial charge < -0.3 is 15.6 Å². The van der Waals surface area contributed by atoms with E-state index in [1.807, 2.05) is 0 Å². The maximum absolute atomic E-state index is 12.2. The molecule has 1 aliphatic heterocycles. The Hall–Kier alpha value is -1.77. The molecule has 3 rings (SSSR count). The second kappa shape index (κ2) is 7.00. The van der Waals surface area contributed by atoms with E-state index in [0.29, 0.717) is 15.2 Å². The smallest absolute Gasteiger partial charge is 0.271 e. The molecule has 3 N–H and O–H groups in total. The van der Waals surface area contributed by atoms with E-state index in [1.54, 1.807) is 18.2 Å². The highest BCUT2D eigenvalue weighted by Gasteiger charge is 2.29. The highest BCUT2D eigenvalue weighted by molar-refractivity contribution is 9.10. The number of fused-ring (bicyclic) bond motifs is 1. The van der Waals surface area contributed by atoms with E-state index in [2.05, 4.69) is 31.5 Å². The van der Waals surface area contributed by atoms with Crippen molar-refractivity contribution in [3.8, 4) is 0 Å². The SMILES string of the molecule is O=C(CC1Sc2ccc(Cl)cc2NC1=O)Nc1cc(Br)c[nH]c1=O. The number of aromatic amines is 1. The third-order valence-electron chi connectivity index (χ3n) is 3.27. The molecular weight excluding hydrogens is 418 g/mol. The van der Waals surface area contributed by atoms with Crippen LogP contribution in [-0.4, -0.2) is 22.0 Å². The highest BCUT2D eigenvalue weighted by Crippen LogP contribution is 2.38. The van der Waals surface area contributed by atoms with Crippen LogP contribution >= 0.6 is 39.3 Å². The van der Waals surface area contributed by atoms with Crippen molar-refractivity contribution in [3.05, 3.63) is 50.3 Å². The number of benzene rings is 1. The van der Waals surface area contributed by atoms with Crippen molar-refractivity contribution >= 4 is 62.5 Å². The number of halogens is 2. The van der Waals surface area contributed by atoms with Gasteiger partial charge in [-0.2, -0.15) is 0 Å². The first-order valence-corrected chi connectivity index (χ1v) is 8.92. The Morgan fingerprint density at radius 3 is 2.92 bits per heavy atom. The third-order valence-corrected chi connectivity index (χ3v) is 5.24. The van der Waals surface area contributed by atoms with Crippen molar-refractivity contribution in [2.24, 2.45) is 0 Å². The van der Waals surface area contributed by atoms with E-state index >= 15 is 0 Å². The molecule has 0 spiro atoms. The molecule has 1 aliphatic rings. The van der Waals surface area contributed by atoms with Crippen LogP contribution in [0.15, 0.2) is 44.6 Å². The number of carbonyl (C=O) groups excluding carboxylic acids is 2. The Morgan fingerprint density at radius 2 is 2.12 bits per heavy atom. The molecule has 2 heterocycles. The van der Waals surface area contributed by atoms with Gasteiger partial charge in [-0.1, -0.05) is 11.6 Å². The van der Waals surface area contributed by atoms with E-state index < -0.39 is 16.7 Å². The summed E-state index contributed by atoms with van der Waals surface area (Å²) in [7, 11) is 0. The molecule has 1 atom stereocenters. The lowest BCUT2D eigenvalue weighted by Crippen LogP contribution is -2.33. The van der Waals surface area contributed by atoms with Gasteiger partial charge in [0.15, 0.2) is 0 Å². The van der Waals surface area contributed by atoms with Gasteiger partial charge in [0.05, 0.1) is 10.9 Å². The van der Waals surface area contributed by atoms with Crippen LogP contribution in [-0.2, 0) is 9.59 Å². The van der Waals surface area contributed by atoms with E-state index in [-0.39, 0.29) is 18.0 Å². The number of pyridine rings is 1. The predicted molar refractivity (Wildman–Crippen MR) is 97.7 cm³/mol. The Balaban J connectivity index is 1.70. The Bertz CT molecular complexity index is 887. The van der Waals surface area contributed by atoms with Gasteiger partial charge in [0.25, 0.3) is 5.56 Å². The van der Waals surface area contributed by atoms with Crippen LogP contribution in [0.25, 0.3) is 0 Å².